The van der Waals surface area contributed by atoms with Crippen molar-refractivity contribution < 1.29 is 14.7 Å². The summed E-state index contributed by atoms with van der Waals surface area (Å²) in [5.41, 5.74) is 12.5. The second-order valence-electron chi connectivity index (χ2n) is 14.0. The molecule has 2 aromatic carbocycles. The van der Waals surface area contributed by atoms with Crippen LogP contribution in [0.15, 0.2) is 85.5 Å². The summed E-state index contributed by atoms with van der Waals surface area (Å²) in [5, 5.41) is 12.4. The van der Waals surface area contributed by atoms with Gasteiger partial charge in [-0.1, -0.05) is 39.8 Å². The number of aromatic carboxylic acids is 1. The number of carbonyl (C=O) groups is 2. The first-order chi connectivity index (χ1) is 26.9. The van der Waals surface area contributed by atoms with E-state index in [9.17, 15) is 14.7 Å². The molecule has 5 aromatic heterocycles. The largest absolute Gasteiger partial charge is 0.478 e. The van der Waals surface area contributed by atoms with Gasteiger partial charge in [-0.15, -0.1) is 0 Å². The van der Waals surface area contributed by atoms with Crippen molar-refractivity contribution in [3.05, 3.63) is 130 Å². The molecule has 2 N–H and O–H groups in total. The molecule has 1 amide bonds. The van der Waals surface area contributed by atoms with Gasteiger partial charge in [0.1, 0.15) is 11.4 Å². The minimum atomic E-state index is -0.973. The Balaban J connectivity index is 0.000000198. The van der Waals surface area contributed by atoms with E-state index in [1.807, 2.05) is 89.3 Å². The van der Waals surface area contributed by atoms with Crippen LogP contribution in [0.2, 0.25) is 0 Å². The summed E-state index contributed by atoms with van der Waals surface area (Å²) in [7, 11) is 0. The lowest BCUT2D eigenvalue weighted by molar-refractivity contribution is 0.0696. The van der Waals surface area contributed by atoms with Gasteiger partial charge in [0.2, 0.25) is 0 Å². The van der Waals surface area contributed by atoms with Gasteiger partial charge in [-0.05, 0) is 92.3 Å². The average molecular weight is 784 g/mol. The van der Waals surface area contributed by atoms with E-state index in [-0.39, 0.29) is 23.3 Å². The van der Waals surface area contributed by atoms with E-state index in [0.717, 1.165) is 85.0 Å². The Morgan fingerprint density at radius 1 is 0.607 bits per heavy atom. The SMILES string of the molecule is Cc1ccc(-c2cc(C(=O)NCc3cnc(C)cn3)cc(-c3nsnc3C(C)C)c2)nc1.Cc1ccc(-c2cc(C(=O)O)cc(-c3nsnc3C(C)C)c2)nc1. The molecule has 0 atom stereocenters. The maximum absolute atomic E-state index is 13.1. The Bertz CT molecular complexity index is 2460. The van der Waals surface area contributed by atoms with Crippen molar-refractivity contribution in [2.75, 3.05) is 0 Å². The molecule has 0 aliphatic carbocycles. The number of rotatable bonds is 10. The fourth-order valence-electron chi connectivity index (χ4n) is 5.69. The van der Waals surface area contributed by atoms with E-state index in [4.69, 9.17) is 0 Å². The highest BCUT2D eigenvalue weighted by atomic mass is 32.1. The van der Waals surface area contributed by atoms with Crippen LogP contribution in [0.4, 0.5) is 0 Å². The van der Waals surface area contributed by atoms with Crippen LogP contribution in [-0.4, -0.2) is 54.4 Å². The van der Waals surface area contributed by atoms with Crippen LogP contribution in [0.25, 0.3) is 45.0 Å². The summed E-state index contributed by atoms with van der Waals surface area (Å²) >= 11 is 2.33. The molecule has 0 aliphatic heterocycles. The van der Waals surface area contributed by atoms with E-state index < -0.39 is 5.97 Å². The number of carbonyl (C=O) groups excluding carboxylic acids is 1. The number of carboxylic acids is 1. The number of benzene rings is 2. The molecule has 0 bridgehead atoms. The highest BCUT2D eigenvalue weighted by Crippen LogP contribution is 2.33. The van der Waals surface area contributed by atoms with Crippen LogP contribution in [0.3, 0.4) is 0 Å². The number of amides is 1. The van der Waals surface area contributed by atoms with Gasteiger partial charge < -0.3 is 10.4 Å². The molecule has 7 aromatic rings. The van der Waals surface area contributed by atoms with Crippen LogP contribution in [0.1, 0.15) is 94.1 Å². The first-order valence-electron chi connectivity index (χ1n) is 18.0. The number of nitrogens with one attached hydrogen (secondary N) is 1. The Morgan fingerprint density at radius 3 is 1.55 bits per heavy atom. The zero-order valence-corrected chi connectivity index (χ0v) is 33.7. The molecular formula is C42H41N9O3S2. The molecule has 284 valence electrons. The summed E-state index contributed by atoms with van der Waals surface area (Å²) in [4.78, 5) is 42.1. The van der Waals surface area contributed by atoms with Gasteiger partial charge in [-0.3, -0.25) is 24.7 Å². The van der Waals surface area contributed by atoms with Crippen molar-refractivity contribution in [1.82, 2.24) is 42.7 Å². The summed E-state index contributed by atoms with van der Waals surface area (Å²) in [6.45, 7) is 14.4. The number of hydrogen-bond acceptors (Lipinski definition) is 12. The quantitative estimate of drug-likeness (QED) is 0.136. The summed E-state index contributed by atoms with van der Waals surface area (Å²) < 4.78 is 17.7. The zero-order chi connectivity index (χ0) is 39.9. The molecule has 14 heteroatoms. The third-order valence-electron chi connectivity index (χ3n) is 8.72. The lowest BCUT2D eigenvalue weighted by Crippen LogP contribution is -2.23. The molecule has 7 rings (SSSR count). The van der Waals surface area contributed by atoms with Crippen LogP contribution in [0.5, 0.6) is 0 Å². The highest BCUT2D eigenvalue weighted by molar-refractivity contribution is 6.99. The van der Waals surface area contributed by atoms with Crippen molar-refractivity contribution in [1.29, 1.82) is 0 Å². The highest BCUT2D eigenvalue weighted by Gasteiger charge is 2.19. The van der Waals surface area contributed by atoms with E-state index in [1.165, 1.54) is 11.7 Å². The van der Waals surface area contributed by atoms with Crippen LogP contribution in [-0.2, 0) is 6.54 Å². The van der Waals surface area contributed by atoms with Crippen LogP contribution >= 0.6 is 23.5 Å². The van der Waals surface area contributed by atoms with E-state index in [2.05, 4.69) is 56.6 Å². The average Bonchev–Trinajstić information content (AvgIpc) is 3.90. The van der Waals surface area contributed by atoms with Crippen molar-refractivity contribution in [3.8, 4) is 45.0 Å². The predicted octanol–water partition coefficient (Wildman–Crippen LogP) is 9.12. The van der Waals surface area contributed by atoms with Gasteiger partial charge in [0.15, 0.2) is 0 Å². The standard InChI is InChI=1S/C24H24N6OS.C18H17N3O2S/c1-14(2)22-23(30-32-29-22)18-7-17(21-6-5-15(3)10-27-21)8-19(9-18)24(31)28-13-20-12-25-16(4)11-26-20;1-10(2)16-17(21-24-20-16)13-6-12(7-14(8-13)18(22)23)15-5-4-11(3)9-19-15/h5-12,14H,13H2,1-4H3,(H,28,31);4-10H,1-3H3,(H,22,23). The Morgan fingerprint density at radius 2 is 1.11 bits per heavy atom. The molecular weight excluding hydrogens is 743 g/mol. The van der Waals surface area contributed by atoms with Gasteiger partial charge in [-0.25, -0.2) is 4.79 Å². The van der Waals surface area contributed by atoms with Crippen molar-refractivity contribution in [2.45, 2.75) is 66.8 Å². The molecule has 12 nitrogen and oxygen atoms in total. The molecule has 0 spiro atoms. The monoisotopic (exact) mass is 783 g/mol. The molecule has 0 fully saturated rings. The van der Waals surface area contributed by atoms with Gasteiger partial charge in [0.05, 0.1) is 75.9 Å². The lowest BCUT2D eigenvalue weighted by atomic mass is 9.97. The fraction of sp³-hybridized carbons (Fsp3) is 0.238. The summed E-state index contributed by atoms with van der Waals surface area (Å²) in [5.74, 6) is -0.730. The van der Waals surface area contributed by atoms with Gasteiger partial charge in [0, 0.05) is 46.4 Å². The Kier molecular flexibility index (Phi) is 12.4. The number of carboxylic acid groups (broad SMARTS) is 1. The van der Waals surface area contributed by atoms with Crippen LogP contribution < -0.4 is 5.32 Å². The van der Waals surface area contributed by atoms with E-state index >= 15 is 0 Å². The summed E-state index contributed by atoms with van der Waals surface area (Å²) in [6.07, 6.45) is 6.95. The van der Waals surface area contributed by atoms with E-state index in [1.54, 1.807) is 30.7 Å². The Hall–Kier alpha value is -6.12. The summed E-state index contributed by atoms with van der Waals surface area (Å²) in [6, 6.07) is 18.7. The van der Waals surface area contributed by atoms with Gasteiger partial charge >= 0.3 is 5.97 Å². The number of hydrogen-bond donors (Lipinski definition) is 2. The van der Waals surface area contributed by atoms with Gasteiger partial charge in [0.25, 0.3) is 5.91 Å². The number of nitrogens with zero attached hydrogens (tertiary/aromatic N) is 8. The van der Waals surface area contributed by atoms with Crippen molar-refractivity contribution >= 4 is 35.3 Å². The molecule has 0 unspecified atom stereocenters. The lowest BCUT2D eigenvalue weighted by Gasteiger charge is -2.11. The van der Waals surface area contributed by atoms with Crippen LogP contribution in [0, 0.1) is 20.8 Å². The normalized spacial score (nSPS) is 11.0. The molecule has 0 saturated heterocycles. The van der Waals surface area contributed by atoms with Gasteiger partial charge in [-0.2, -0.15) is 17.5 Å². The smallest absolute Gasteiger partial charge is 0.335 e. The third kappa shape index (κ3) is 9.57. The maximum Gasteiger partial charge on any atom is 0.335 e. The second-order valence-corrected chi connectivity index (χ2v) is 15.0. The maximum atomic E-state index is 13.1. The van der Waals surface area contributed by atoms with Crippen molar-refractivity contribution in [2.24, 2.45) is 0 Å². The fourth-order valence-corrected chi connectivity index (χ4v) is 7.10. The molecule has 5 heterocycles. The minimum Gasteiger partial charge on any atom is -0.478 e. The second kappa shape index (κ2) is 17.6. The van der Waals surface area contributed by atoms with E-state index in [0.29, 0.717) is 17.8 Å². The first kappa shape index (κ1) is 39.6. The zero-order valence-electron chi connectivity index (χ0n) is 32.1. The topological polar surface area (TPSA) is 170 Å². The molecule has 56 heavy (non-hydrogen) atoms. The molecule has 0 radical (unpaired) electrons. The first-order valence-corrected chi connectivity index (χ1v) is 19.4. The molecule has 0 aliphatic rings. The molecule has 0 saturated carbocycles. The minimum absolute atomic E-state index is 0.197. The number of aryl methyl sites for hydroxylation is 3. The third-order valence-corrected chi connectivity index (χ3v) is 9.81. The number of aromatic nitrogens is 8. The predicted molar refractivity (Wildman–Crippen MR) is 220 cm³/mol. The van der Waals surface area contributed by atoms with Crippen molar-refractivity contribution in [3.63, 3.8) is 0 Å². The number of pyridine rings is 2. The Labute approximate surface area is 333 Å².